The first-order valence-corrected chi connectivity index (χ1v) is 5.88. The van der Waals surface area contributed by atoms with Gasteiger partial charge < -0.3 is 10.6 Å². The first-order valence-electron chi connectivity index (χ1n) is 5.50. The summed E-state index contributed by atoms with van der Waals surface area (Å²) in [5.74, 6) is 0. The van der Waals surface area contributed by atoms with E-state index in [9.17, 15) is 0 Å². The van der Waals surface area contributed by atoms with E-state index in [-0.39, 0.29) is 5.54 Å². The highest BCUT2D eigenvalue weighted by Crippen LogP contribution is 2.22. The minimum absolute atomic E-state index is 0.148. The molecule has 1 rings (SSSR count). The van der Waals surface area contributed by atoms with Gasteiger partial charge in [0.1, 0.15) is 0 Å². The quantitative estimate of drug-likeness (QED) is 0.629. The van der Waals surface area contributed by atoms with Crippen molar-refractivity contribution in [2.45, 2.75) is 33.2 Å². The highest BCUT2D eigenvalue weighted by atomic mass is 35.5. The van der Waals surface area contributed by atoms with Crippen molar-refractivity contribution in [2.75, 3.05) is 18.4 Å². The average molecular weight is 242 g/mol. The van der Waals surface area contributed by atoms with E-state index in [1.807, 2.05) is 13.0 Å². The van der Waals surface area contributed by atoms with Crippen molar-refractivity contribution < 1.29 is 0 Å². The fourth-order valence-electron chi connectivity index (χ4n) is 1.36. The second-order valence-corrected chi connectivity index (χ2v) is 5.26. The van der Waals surface area contributed by atoms with Crippen LogP contribution in [-0.2, 0) is 0 Å². The molecule has 0 aromatic carbocycles. The highest BCUT2D eigenvalue weighted by molar-refractivity contribution is 6.32. The third-order valence-electron chi connectivity index (χ3n) is 2.20. The van der Waals surface area contributed by atoms with Gasteiger partial charge in [0.2, 0.25) is 0 Å². The Morgan fingerprint density at radius 3 is 2.56 bits per heavy atom. The van der Waals surface area contributed by atoms with Crippen LogP contribution in [-0.4, -0.2) is 23.6 Å². The molecule has 0 aliphatic heterocycles. The Balaban J connectivity index is 2.43. The summed E-state index contributed by atoms with van der Waals surface area (Å²) in [7, 11) is 0. The molecule has 0 bridgehead atoms. The number of pyridine rings is 1. The number of nitrogens with zero attached hydrogens (tertiary/aromatic N) is 1. The van der Waals surface area contributed by atoms with Crippen LogP contribution in [0.15, 0.2) is 12.3 Å². The Labute approximate surface area is 103 Å². The zero-order valence-electron chi connectivity index (χ0n) is 10.4. The van der Waals surface area contributed by atoms with Crippen molar-refractivity contribution in [2.24, 2.45) is 0 Å². The van der Waals surface area contributed by atoms with E-state index in [2.05, 4.69) is 36.4 Å². The largest absolute Gasteiger partial charge is 0.381 e. The number of aryl methyl sites for hydroxylation is 1. The predicted molar refractivity (Wildman–Crippen MR) is 70.2 cm³/mol. The van der Waals surface area contributed by atoms with Crippen molar-refractivity contribution >= 4 is 17.3 Å². The summed E-state index contributed by atoms with van der Waals surface area (Å²) in [5.41, 5.74) is 2.20. The second-order valence-electron chi connectivity index (χ2n) is 4.90. The van der Waals surface area contributed by atoms with Gasteiger partial charge in [-0.1, -0.05) is 11.6 Å². The van der Waals surface area contributed by atoms with Crippen LogP contribution in [0.3, 0.4) is 0 Å². The van der Waals surface area contributed by atoms with Gasteiger partial charge in [-0.3, -0.25) is 0 Å². The van der Waals surface area contributed by atoms with Crippen LogP contribution >= 0.6 is 11.6 Å². The van der Waals surface area contributed by atoms with Crippen LogP contribution in [0.4, 0.5) is 5.69 Å². The molecule has 1 aromatic heterocycles. The maximum absolute atomic E-state index is 6.00. The molecule has 0 saturated carbocycles. The highest BCUT2D eigenvalue weighted by Gasteiger charge is 2.08. The number of nitrogens with one attached hydrogen (secondary N) is 2. The van der Waals surface area contributed by atoms with E-state index in [1.54, 1.807) is 6.20 Å². The van der Waals surface area contributed by atoms with E-state index in [4.69, 9.17) is 11.6 Å². The van der Waals surface area contributed by atoms with E-state index in [0.29, 0.717) is 5.15 Å². The van der Waals surface area contributed by atoms with Gasteiger partial charge >= 0.3 is 0 Å². The molecule has 3 nitrogen and oxygen atoms in total. The molecule has 90 valence electrons. The lowest BCUT2D eigenvalue weighted by Gasteiger charge is -2.21. The number of rotatable bonds is 4. The van der Waals surface area contributed by atoms with E-state index >= 15 is 0 Å². The zero-order valence-corrected chi connectivity index (χ0v) is 11.2. The van der Waals surface area contributed by atoms with Gasteiger partial charge in [0.05, 0.1) is 5.69 Å². The molecule has 0 saturated heterocycles. The maximum Gasteiger partial charge on any atom is 0.152 e. The topological polar surface area (TPSA) is 37.0 Å². The predicted octanol–water partition coefficient (Wildman–Crippen LogP) is 2.84. The van der Waals surface area contributed by atoms with Crippen molar-refractivity contribution in [3.05, 3.63) is 23.0 Å². The van der Waals surface area contributed by atoms with Crippen LogP contribution in [0.5, 0.6) is 0 Å². The van der Waals surface area contributed by atoms with Crippen LogP contribution in [0.1, 0.15) is 26.3 Å². The van der Waals surface area contributed by atoms with Gasteiger partial charge in [0, 0.05) is 24.8 Å². The summed E-state index contributed by atoms with van der Waals surface area (Å²) in [6.07, 6.45) is 1.72. The van der Waals surface area contributed by atoms with Gasteiger partial charge in [-0.25, -0.2) is 4.98 Å². The fraction of sp³-hybridized carbons (Fsp3) is 0.583. The summed E-state index contributed by atoms with van der Waals surface area (Å²) >= 11 is 6.00. The molecular weight excluding hydrogens is 222 g/mol. The van der Waals surface area contributed by atoms with Crippen LogP contribution < -0.4 is 10.6 Å². The standard InChI is InChI=1S/C12H20ClN3/c1-9-5-6-15-11(13)10(9)14-7-8-16-12(2,3)4/h5-6,14,16H,7-8H2,1-4H3. The Kier molecular flexibility index (Phi) is 4.56. The molecule has 2 N–H and O–H groups in total. The molecule has 4 heteroatoms. The minimum Gasteiger partial charge on any atom is -0.381 e. The normalized spacial score (nSPS) is 11.6. The second kappa shape index (κ2) is 5.51. The molecule has 0 amide bonds. The van der Waals surface area contributed by atoms with Gasteiger partial charge in [0.15, 0.2) is 5.15 Å². The first-order chi connectivity index (χ1) is 7.40. The van der Waals surface area contributed by atoms with E-state index < -0.39 is 0 Å². The maximum atomic E-state index is 6.00. The van der Waals surface area contributed by atoms with Crippen LogP contribution in [0, 0.1) is 6.92 Å². The molecule has 0 radical (unpaired) electrons. The Morgan fingerprint density at radius 2 is 2.00 bits per heavy atom. The van der Waals surface area contributed by atoms with Gasteiger partial charge in [-0.15, -0.1) is 0 Å². The number of hydrogen-bond donors (Lipinski definition) is 2. The zero-order chi connectivity index (χ0) is 12.2. The lowest BCUT2D eigenvalue weighted by Crippen LogP contribution is -2.38. The monoisotopic (exact) mass is 241 g/mol. The van der Waals surface area contributed by atoms with Gasteiger partial charge in [0.25, 0.3) is 0 Å². The Bertz CT molecular complexity index is 324. The summed E-state index contributed by atoms with van der Waals surface area (Å²) in [4.78, 5) is 4.05. The summed E-state index contributed by atoms with van der Waals surface area (Å²) in [6.45, 7) is 10.2. The molecule has 16 heavy (non-hydrogen) atoms. The summed E-state index contributed by atoms with van der Waals surface area (Å²) in [5, 5.41) is 7.24. The summed E-state index contributed by atoms with van der Waals surface area (Å²) < 4.78 is 0. The average Bonchev–Trinajstić information content (AvgIpc) is 2.14. The van der Waals surface area contributed by atoms with Crippen molar-refractivity contribution in [1.82, 2.24) is 10.3 Å². The SMILES string of the molecule is Cc1ccnc(Cl)c1NCCNC(C)(C)C. The number of halogens is 1. The lowest BCUT2D eigenvalue weighted by molar-refractivity contribution is 0.435. The molecule has 0 unspecified atom stereocenters. The van der Waals surface area contributed by atoms with E-state index in [1.165, 1.54) is 0 Å². The van der Waals surface area contributed by atoms with Crippen molar-refractivity contribution in [3.63, 3.8) is 0 Å². The Morgan fingerprint density at radius 1 is 1.31 bits per heavy atom. The molecule has 1 heterocycles. The molecule has 1 aromatic rings. The van der Waals surface area contributed by atoms with Gasteiger partial charge in [-0.05, 0) is 39.3 Å². The third-order valence-corrected chi connectivity index (χ3v) is 2.48. The van der Waals surface area contributed by atoms with Crippen molar-refractivity contribution in [1.29, 1.82) is 0 Å². The van der Waals surface area contributed by atoms with Crippen LogP contribution in [0.25, 0.3) is 0 Å². The molecular formula is C12H20ClN3. The smallest absolute Gasteiger partial charge is 0.152 e. The van der Waals surface area contributed by atoms with Gasteiger partial charge in [-0.2, -0.15) is 0 Å². The van der Waals surface area contributed by atoms with E-state index in [0.717, 1.165) is 24.3 Å². The number of anilines is 1. The fourth-order valence-corrected chi connectivity index (χ4v) is 1.63. The first kappa shape index (κ1) is 13.3. The lowest BCUT2D eigenvalue weighted by atomic mass is 10.1. The number of aromatic nitrogens is 1. The van der Waals surface area contributed by atoms with Crippen molar-refractivity contribution in [3.8, 4) is 0 Å². The minimum atomic E-state index is 0.148. The molecule has 0 spiro atoms. The Hall–Kier alpha value is -0.800. The molecule has 0 aliphatic carbocycles. The third kappa shape index (κ3) is 4.37. The summed E-state index contributed by atoms with van der Waals surface area (Å²) in [6, 6.07) is 1.95. The molecule has 0 atom stereocenters. The molecule has 0 fully saturated rings. The van der Waals surface area contributed by atoms with Crippen LogP contribution in [0.2, 0.25) is 5.15 Å². The number of hydrogen-bond acceptors (Lipinski definition) is 3. The molecule has 0 aliphatic rings.